The van der Waals surface area contributed by atoms with Crippen molar-refractivity contribution in [3.63, 3.8) is 0 Å². The number of thioether (sulfide) groups is 1. The maximum Gasteiger partial charge on any atom is 0.0282 e. The van der Waals surface area contributed by atoms with Gasteiger partial charge in [0.1, 0.15) is 0 Å². The fourth-order valence-electron chi connectivity index (χ4n) is 1.53. The highest BCUT2D eigenvalue weighted by molar-refractivity contribution is 8.04. The first-order valence-electron chi connectivity index (χ1n) is 3.96. The summed E-state index contributed by atoms with van der Waals surface area (Å²) < 4.78 is 0. The van der Waals surface area contributed by atoms with E-state index in [2.05, 4.69) is 32.9 Å². The van der Waals surface area contributed by atoms with Crippen molar-refractivity contribution < 1.29 is 0 Å². The summed E-state index contributed by atoms with van der Waals surface area (Å²) in [6.45, 7) is 6.68. The Balaban J connectivity index is 2.49. The van der Waals surface area contributed by atoms with Gasteiger partial charge in [0.2, 0.25) is 0 Å². The second-order valence-electron chi connectivity index (χ2n) is 3.25. The molecule has 1 unspecified atom stereocenters. The summed E-state index contributed by atoms with van der Waals surface area (Å²) in [4.78, 5) is 1.48. The van der Waals surface area contributed by atoms with Gasteiger partial charge in [-0.3, -0.25) is 0 Å². The van der Waals surface area contributed by atoms with E-state index in [1.54, 1.807) is 0 Å². The Labute approximate surface area is 72.1 Å². The number of fused-ring (bicyclic) bond motifs is 1. The lowest BCUT2D eigenvalue weighted by Crippen LogP contribution is -1.90. The molecule has 2 rings (SSSR count). The minimum atomic E-state index is 0.695. The molecule has 0 saturated heterocycles. The Morgan fingerprint density at radius 1 is 1.27 bits per heavy atom. The van der Waals surface area contributed by atoms with Crippen LogP contribution in [-0.4, -0.2) is 5.25 Å². The average molecular weight is 164 g/mol. The maximum atomic E-state index is 2.29. The molecule has 1 atom stereocenters. The van der Waals surface area contributed by atoms with Crippen LogP contribution in [0, 0.1) is 0 Å². The lowest BCUT2D eigenvalue weighted by molar-refractivity contribution is 1.13. The maximum absolute atomic E-state index is 2.29. The van der Waals surface area contributed by atoms with E-state index in [0.717, 1.165) is 0 Å². The lowest BCUT2D eigenvalue weighted by atomic mass is 10.1. The van der Waals surface area contributed by atoms with Gasteiger partial charge in [0.15, 0.2) is 0 Å². The van der Waals surface area contributed by atoms with Crippen molar-refractivity contribution in [3.8, 4) is 0 Å². The molecule has 0 N–H and O–H groups in total. The van der Waals surface area contributed by atoms with E-state index in [0.29, 0.717) is 5.25 Å². The van der Waals surface area contributed by atoms with E-state index in [4.69, 9.17) is 0 Å². The van der Waals surface area contributed by atoms with E-state index in [9.17, 15) is 0 Å². The number of rotatable bonds is 0. The molecule has 0 aromatic carbocycles. The van der Waals surface area contributed by atoms with Crippen molar-refractivity contribution in [3.05, 3.63) is 33.8 Å². The minimum absolute atomic E-state index is 0.695. The molecule has 1 heterocycles. The Hall–Kier alpha value is -0.430. The fraction of sp³-hybridized carbons (Fsp3) is 0.400. The molecule has 1 heteroatoms. The molecule has 2 aliphatic rings. The van der Waals surface area contributed by atoms with E-state index in [-0.39, 0.29) is 0 Å². The van der Waals surface area contributed by atoms with Crippen molar-refractivity contribution in [1.82, 2.24) is 0 Å². The van der Waals surface area contributed by atoms with E-state index in [1.807, 2.05) is 11.8 Å². The largest absolute Gasteiger partial charge is 0.118 e. The Kier molecular flexibility index (Phi) is 1.50. The van der Waals surface area contributed by atoms with Crippen LogP contribution in [-0.2, 0) is 0 Å². The van der Waals surface area contributed by atoms with Gasteiger partial charge in [0.05, 0.1) is 0 Å². The van der Waals surface area contributed by atoms with Crippen molar-refractivity contribution >= 4 is 11.8 Å². The average Bonchev–Trinajstić information content (AvgIpc) is 2.37. The lowest BCUT2D eigenvalue weighted by Gasteiger charge is -2.00. The highest BCUT2D eigenvalue weighted by Gasteiger charge is 2.24. The van der Waals surface area contributed by atoms with E-state index in [1.165, 1.54) is 21.6 Å². The van der Waals surface area contributed by atoms with Crippen molar-refractivity contribution in [2.45, 2.75) is 26.0 Å². The van der Waals surface area contributed by atoms with Crippen LogP contribution < -0.4 is 0 Å². The van der Waals surface area contributed by atoms with Crippen LogP contribution in [0.4, 0.5) is 0 Å². The minimum Gasteiger partial charge on any atom is -0.118 e. The second kappa shape index (κ2) is 2.28. The molecule has 1 aliphatic heterocycles. The SMILES string of the molecule is CC1=CC2=C(C)C(C)SC2=C1. The van der Waals surface area contributed by atoms with Crippen LogP contribution in [0.3, 0.4) is 0 Å². The predicted octanol–water partition coefficient (Wildman–Crippen LogP) is 3.28. The summed E-state index contributed by atoms with van der Waals surface area (Å²) in [5, 5.41) is 0.695. The highest BCUT2D eigenvalue weighted by atomic mass is 32.2. The predicted molar refractivity (Wildman–Crippen MR) is 51.6 cm³/mol. The molecule has 0 spiro atoms. The molecular weight excluding hydrogens is 152 g/mol. The quantitative estimate of drug-likeness (QED) is 0.529. The molecular formula is C10H12S. The van der Waals surface area contributed by atoms with Crippen molar-refractivity contribution in [2.24, 2.45) is 0 Å². The standard InChI is InChI=1S/C10H12S/c1-6-4-9-7(2)8(3)11-10(9)5-6/h4-5,8H,1-3H3. The van der Waals surface area contributed by atoms with Gasteiger partial charge < -0.3 is 0 Å². The van der Waals surface area contributed by atoms with Crippen LogP contribution in [0.1, 0.15) is 20.8 Å². The zero-order valence-electron chi connectivity index (χ0n) is 7.14. The van der Waals surface area contributed by atoms with Crippen LogP contribution >= 0.6 is 11.8 Å². The molecule has 0 fully saturated rings. The second-order valence-corrected chi connectivity index (χ2v) is 4.64. The monoisotopic (exact) mass is 164 g/mol. The summed E-state index contributed by atoms with van der Waals surface area (Å²) >= 11 is 1.98. The zero-order chi connectivity index (χ0) is 8.01. The molecule has 0 radical (unpaired) electrons. The third-order valence-electron chi connectivity index (χ3n) is 2.33. The van der Waals surface area contributed by atoms with E-state index >= 15 is 0 Å². The third-order valence-corrected chi connectivity index (χ3v) is 3.63. The van der Waals surface area contributed by atoms with Gasteiger partial charge in [0, 0.05) is 10.2 Å². The van der Waals surface area contributed by atoms with Crippen LogP contribution in [0.5, 0.6) is 0 Å². The Morgan fingerprint density at radius 2 is 2.00 bits per heavy atom. The fourth-order valence-corrected chi connectivity index (χ4v) is 2.81. The molecule has 0 aromatic rings. The zero-order valence-corrected chi connectivity index (χ0v) is 7.96. The number of hydrogen-bond acceptors (Lipinski definition) is 1. The van der Waals surface area contributed by atoms with Gasteiger partial charge in [-0.05, 0) is 38.0 Å². The smallest absolute Gasteiger partial charge is 0.0282 e. The summed E-state index contributed by atoms with van der Waals surface area (Å²) in [6, 6.07) is 0. The molecule has 0 amide bonds. The topological polar surface area (TPSA) is 0 Å². The summed E-state index contributed by atoms with van der Waals surface area (Å²) in [5.41, 5.74) is 4.42. The molecule has 0 bridgehead atoms. The first-order valence-corrected chi connectivity index (χ1v) is 4.84. The molecule has 0 aromatic heterocycles. The molecule has 1 aliphatic carbocycles. The highest BCUT2D eigenvalue weighted by Crippen LogP contribution is 2.45. The normalized spacial score (nSPS) is 28.8. The first kappa shape index (κ1) is 7.23. The van der Waals surface area contributed by atoms with Crippen molar-refractivity contribution in [2.75, 3.05) is 0 Å². The molecule has 0 nitrogen and oxygen atoms in total. The summed E-state index contributed by atoms with van der Waals surface area (Å²) in [5.74, 6) is 0. The Morgan fingerprint density at radius 3 is 2.64 bits per heavy atom. The van der Waals surface area contributed by atoms with Crippen LogP contribution in [0.25, 0.3) is 0 Å². The number of hydrogen-bond donors (Lipinski definition) is 0. The molecule has 0 saturated carbocycles. The van der Waals surface area contributed by atoms with Gasteiger partial charge in [0.25, 0.3) is 0 Å². The summed E-state index contributed by atoms with van der Waals surface area (Å²) in [6.07, 6.45) is 4.58. The van der Waals surface area contributed by atoms with Crippen LogP contribution in [0.15, 0.2) is 33.8 Å². The summed E-state index contributed by atoms with van der Waals surface area (Å²) in [7, 11) is 0. The third kappa shape index (κ3) is 0.987. The molecule has 58 valence electrons. The van der Waals surface area contributed by atoms with Gasteiger partial charge in [-0.1, -0.05) is 11.6 Å². The van der Waals surface area contributed by atoms with Crippen LogP contribution in [0.2, 0.25) is 0 Å². The first-order chi connectivity index (χ1) is 5.18. The Bertz CT molecular complexity index is 292. The van der Waals surface area contributed by atoms with Gasteiger partial charge >= 0.3 is 0 Å². The van der Waals surface area contributed by atoms with Gasteiger partial charge in [-0.2, -0.15) is 0 Å². The van der Waals surface area contributed by atoms with Gasteiger partial charge in [-0.15, -0.1) is 11.8 Å². The van der Waals surface area contributed by atoms with Gasteiger partial charge in [-0.25, -0.2) is 0 Å². The van der Waals surface area contributed by atoms with E-state index < -0.39 is 0 Å². The number of allylic oxidation sites excluding steroid dienone is 4. The van der Waals surface area contributed by atoms with Crippen molar-refractivity contribution in [1.29, 1.82) is 0 Å². The molecule has 11 heavy (non-hydrogen) atoms.